The number of hydrogen-bond acceptors (Lipinski definition) is 5. The van der Waals surface area contributed by atoms with E-state index in [-0.39, 0.29) is 0 Å². The molecule has 1 aromatic heterocycles. The molecule has 1 N–H and O–H groups in total. The van der Waals surface area contributed by atoms with Crippen LogP contribution in [0, 0.1) is 6.92 Å². The summed E-state index contributed by atoms with van der Waals surface area (Å²) in [6.45, 7) is 1.97. The standard InChI is InChI=1S/C12H21N3S2/c1-9-14-12(17-15-9)16-11-8-6-4-3-5-7-10(11)13-2/h10-11,13H,3-8H2,1-2H3. The molecule has 1 aromatic rings. The molecule has 0 spiro atoms. The first-order valence-electron chi connectivity index (χ1n) is 6.44. The van der Waals surface area contributed by atoms with Gasteiger partial charge in [0.15, 0.2) is 4.34 Å². The molecule has 1 heterocycles. The zero-order chi connectivity index (χ0) is 12.1. The topological polar surface area (TPSA) is 37.8 Å². The van der Waals surface area contributed by atoms with E-state index in [4.69, 9.17) is 0 Å². The summed E-state index contributed by atoms with van der Waals surface area (Å²) in [5, 5.41) is 4.14. The highest BCUT2D eigenvalue weighted by Gasteiger charge is 2.23. The Kier molecular flexibility index (Phi) is 5.25. The van der Waals surface area contributed by atoms with E-state index in [0.717, 1.165) is 10.2 Å². The van der Waals surface area contributed by atoms with E-state index in [9.17, 15) is 0 Å². The third-order valence-electron chi connectivity index (χ3n) is 3.33. The summed E-state index contributed by atoms with van der Waals surface area (Å²) in [6, 6.07) is 0.629. The van der Waals surface area contributed by atoms with Gasteiger partial charge in [0.1, 0.15) is 5.82 Å². The fourth-order valence-electron chi connectivity index (χ4n) is 2.38. The lowest BCUT2D eigenvalue weighted by Crippen LogP contribution is -2.36. The molecule has 5 heteroatoms. The van der Waals surface area contributed by atoms with Crippen molar-refractivity contribution in [3.8, 4) is 0 Å². The number of nitrogens with one attached hydrogen (secondary N) is 1. The first-order chi connectivity index (χ1) is 8.29. The molecule has 2 atom stereocenters. The number of aryl methyl sites for hydroxylation is 1. The Labute approximate surface area is 112 Å². The predicted octanol–water partition coefficient (Wildman–Crippen LogP) is 3.25. The Balaban J connectivity index is 1.98. The molecule has 1 fully saturated rings. The maximum absolute atomic E-state index is 4.47. The van der Waals surface area contributed by atoms with E-state index in [1.165, 1.54) is 38.5 Å². The van der Waals surface area contributed by atoms with Crippen molar-refractivity contribution in [3.05, 3.63) is 5.82 Å². The minimum atomic E-state index is 0.629. The van der Waals surface area contributed by atoms with Crippen molar-refractivity contribution in [1.29, 1.82) is 0 Å². The molecular weight excluding hydrogens is 250 g/mol. The van der Waals surface area contributed by atoms with Crippen LogP contribution in [0.1, 0.15) is 44.3 Å². The van der Waals surface area contributed by atoms with E-state index >= 15 is 0 Å². The Hall–Kier alpha value is -0.130. The summed E-state index contributed by atoms with van der Waals surface area (Å²) in [5.74, 6) is 0.907. The first kappa shape index (κ1) is 13.3. The maximum atomic E-state index is 4.47. The van der Waals surface area contributed by atoms with E-state index in [0.29, 0.717) is 11.3 Å². The van der Waals surface area contributed by atoms with Gasteiger partial charge < -0.3 is 5.32 Å². The van der Waals surface area contributed by atoms with E-state index < -0.39 is 0 Å². The minimum absolute atomic E-state index is 0.629. The number of hydrogen-bond donors (Lipinski definition) is 1. The van der Waals surface area contributed by atoms with E-state index in [1.807, 2.05) is 18.7 Å². The van der Waals surface area contributed by atoms with Gasteiger partial charge in [0.25, 0.3) is 0 Å². The number of rotatable bonds is 3. The van der Waals surface area contributed by atoms with Crippen LogP contribution < -0.4 is 5.32 Å². The lowest BCUT2D eigenvalue weighted by molar-refractivity contribution is 0.420. The summed E-state index contributed by atoms with van der Waals surface area (Å²) >= 11 is 3.46. The van der Waals surface area contributed by atoms with Crippen LogP contribution in [0.5, 0.6) is 0 Å². The third kappa shape index (κ3) is 3.93. The number of aromatic nitrogens is 2. The van der Waals surface area contributed by atoms with Crippen molar-refractivity contribution in [2.24, 2.45) is 0 Å². The van der Waals surface area contributed by atoms with E-state index in [2.05, 4.69) is 21.7 Å². The van der Waals surface area contributed by atoms with Crippen molar-refractivity contribution < 1.29 is 0 Å². The van der Waals surface area contributed by atoms with Crippen LogP contribution in [0.3, 0.4) is 0 Å². The third-order valence-corrected chi connectivity index (χ3v) is 5.61. The molecule has 0 amide bonds. The average molecular weight is 271 g/mol. The van der Waals surface area contributed by atoms with Gasteiger partial charge in [0.05, 0.1) is 0 Å². The molecule has 3 nitrogen and oxygen atoms in total. The molecule has 96 valence electrons. The fraction of sp³-hybridized carbons (Fsp3) is 0.833. The molecule has 1 saturated carbocycles. The molecular formula is C12H21N3S2. The van der Waals surface area contributed by atoms with Gasteiger partial charge in [0, 0.05) is 11.3 Å². The van der Waals surface area contributed by atoms with Crippen LogP contribution in [0.15, 0.2) is 4.34 Å². The Morgan fingerprint density at radius 1 is 1.24 bits per heavy atom. The van der Waals surface area contributed by atoms with Crippen LogP contribution in [0.4, 0.5) is 0 Å². The zero-order valence-electron chi connectivity index (χ0n) is 10.6. The molecule has 0 bridgehead atoms. The molecule has 1 aliphatic carbocycles. The Bertz CT molecular complexity index is 340. The highest BCUT2D eigenvalue weighted by Crippen LogP contribution is 2.33. The van der Waals surface area contributed by atoms with Crippen LogP contribution in [-0.4, -0.2) is 27.7 Å². The van der Waals surface area contributed by atoms with Gasteiger partial charge in [-0.15, -0.1) is 0 Å². The average Bonchev–Trinajstić information content (AvgIpc) is 2.69. The molecule has 0 saturated heterocycles. The predicted molar refractivity (Wildman–Crippen MR) is 74.8 cm³/mol. The van der Waals surface area contributed by atoms with Crippen molar-refractivity contribution in [2.75, 3.05) is 7.05 Å². The molecule has 0 aliphatic heterocycles. The summed E-state index contributed by atoms with van der Waals surface area (Å²) in [5.41, 5.74) is 0. The lowest BCUT2D eigenvalue weighted by Gasteiger charge is -2.27. The second kappa shape index (κ2) is 6.71. The molecule has 1 aliphatic rings. The number of thioether (sulfide) groups is 1. The Morgan fingerprint density at radius 3 is 2.65 bits per heavy atom. The van der Waals surface area contributed by atoms with Crippen molar-refractivity contribution in [1.82, 2.24) is 14.7 Å². The molecule has 2 unspecified atom stereocenters. The quantitative estimate of drug-likeness (QED) is 0.916. The SMILES string of the molecule is CNC1CCCCCCC1Sc1nc(C)ns1. The zero-order valence-corrected chi connectivity index (χ0v) is 12.2. The summed E-state index contributed by atoms with van der Waals surface area (Å²) in [7, 11) is 2.09. The molecule has 0 aromatic carbocycles. The molecule has 2 rings (SSSR count). The van der Waals surface area contributed by atoms with Gasteiger partial charge in [-0.05, 0) is 38.3 Å². The normalized spacial score (nSPS) is 26.5. The van der Waals surface area contributed by atoms with Gasteiger partial charge in [-0.1, -0.05) is 37.4 Å². The molecule has 17 heavy (non-hydrogen) atoms. The van der Waals surface area contributed by atoms with Crippen LogP contribution in [0.2, 0.25) is 0 Å². The largest absolute Gasteiger partial charge is 0.316 e. The summed E-state index contributed by atoms with van der Waals surface area (Å²) in [4.78, 5) is 4.47. The first-order valence-corrected chi connectivity index (χ1v) is 8.09. The smallest absolute Gasteiger partial charge is 0.170 e. The van der Waals surface area contributed by atoms with Crippen molar-refractivity contribution in [2.45, 2.75) is 61.1 Å². The second-order valence-electron chi connectivity index (χ2n) is 4.65. The lowest BCUT2D eigenvalue weighted by atomic mass is 9.96. The van der Waals surface area contributed by atoms with Gasteiger partial charge in [0.2, 0.25) is 0 Å². The monoisotopic (exact) mass is 271 g/mol. The second-order valence-corrected chi connectivity index (χ2v) is 6.89. The highest BCUT2D eigenvalue weighted by atomic mass is 32.2. The maximum Gasteiger partial charge on any atom is 0.170 e. The van der Waals surface area contributed by atoms with Gasteiger partial charge in [-0.25, -0.2) is 4.98 Å². The summed E-state index contributed by atoms with van der Waals surface area (Å²) < 4.78 is 5.40. The summed E-state index contributed by atoms with van der Waals surface area (Å²) in [6.07, 6.45) is 8.10. The Morgan fingerprint density at radius 2 is 2.00 bits per heavy atom. The number of nitrogens with zero attached hydrogens (tertiary/aromatic N) is 2. The highest BCUT2D eigenvalue weighted by molar-refractivity contribution is 8.01. The van der Waals surface area contributed by atoms with Crippen LogP contribution in [-0.2, 0) is 0 Å². The fourth-order valence-corrected chi connectivity index (χ4v) is 4.62. The van der Waals surface area contributed by atoms with Gasteiger partial charge in [-0.2, -0.15) is 4.37 Å². The van der Waals surface area contributed by atoms with E-state index in [1.54, 1.807) is 11.5 Å². The van der Waals surface area contributed by atoms with Gasteiger partial charge in [-0.3, -0.25) is 0 Å². The van der Waals surface area contributed by atoms with Crippen molar-refractivity contribution >= 4 is 23.3 Å². The van der Waals surface area contributed by atoms with Crippen LogP contribution in [0.25, 0.3) is 0 Å². The molecule has 0 radical (unpaired) electrons. The minimum Gasteiger partial charge on any atom is -0.316 e. The van der Waals surface area contributed by atoms with Crippen molar-refractivity contribution in [3.63, 3.8) is 0 Å². The van der Waals surface area contributed by atoms with Crippen LogP contribution >= 0.6 is 23.3 Å². The van der Waals surface area contributed by atoms with Gasteiger partial charge >= 0.3 is 0 Å².